The van der Waals surface area contributed by atoms with Crippen molar-refractivity contribution in [3.63, 3.8) is 0 Å². The zero-order valence-corrected chi connectivity index (χ0v) is 9.56. The third-order valence-corrected chi connectivity index (χ3v) is 2.92. The van der Waals surface area contributed by atoms with E-state index < -0.39 is 0 Å². The molecule has 0 saturated heterocycles. The molecule has 0 fully saturated rings. The van der Waals surface area contributed by atoms with Crippen molar-refractivity contribution in [1.82, 2.24) is 0 Å². The van der Waals surface area contributed by atoms with Gasteiger partial charge < -0.3 is 10.8 Å². The fourth-order valence-electron chi connectivity index (χ4n) is 1.11. The lowest BCUT2D eigenvalue weighted by molar-refractivity contribution is 0.459. The first-order valence-corrected chi connectivity index (χ1v) is 5.17. The summed E-state index contributed by atoms with van der Waals surface area (Å²) in [5.74, 6) is 0.0744. The van der Waals surface area contributed by atoms with Crippen LogP contribution in [0.2, 0.25) is 5.02 Å². The van der Waals surface area contributed by atoms with Gasteiger partial charge in [0.2, 0.25) is 0 Å². The maximum atomic E-state index is 9.64. The van der Waals surface area contributed by atoms with Gasteiger partial charge in [-0.3, -0.25) is 0 Å². The molecule has 0 radical (unpaired) electrons. The highest BCUT2D eigenvalue weighted by Gasteiger charge is 2.15. The summed E-state index contributed by atoms with van der Waals surface area (Å²) in [6.45, 7) is 1.96. The Morgan fingerprint density at radius 2 is 2.23 bits per heavy atom. The van der Waals surface area contributed by atoms with E-state index in [1.165, 1.54) is 0 Å². The van der Waals surface area contributed by atoms with E-state index in [-0.39, 0.29) is 11.8 Å². The van der Waals surface area contributed by atoms with Crippen LogP contribution in [0.5, 0.6) is 5.75 Å². The largest absolute Gasteiger partial charge is 0.506 e. The van der Waals surface area contributed by atoms with E-state index in [1.807, 2.05) is 6.92 Å². The van der Waals surface area contributed by atoms with E-state index >= 15 is 0 Å². The number of phenols is 1. The van der Waals surface area contributed by atoms with Crippen molar-refractivity contribution in [2.24, 2.45) is 5.73 Å². The van der Waals surface area contributed by atoms with E-state index in [1.54, 1.807) is 12.1 Å². The molecule has 13 heavy (non-hydrogen) atoms. The van der Waals surface area contributed by atoms with Crippen LogP contribution in [0.4, 0.5) is 0 Å². The molecule has 0 aliphatic heterocycles. The normalized spacial score (nSPS) is 12.9. The zero-order chi connectivity index (χ0) is 10.0. The number of aromatic hydroxyl groups is 1. The first kappa shape index (κ1) is 10.8. The molecule has 2 nitrogen and oxygen atoms in total. The predicted octanol–water partition coefficient (Wildman–Crippen LogP) is 3.22. The van der Waals surface area contributed by atoms with Gasteiger partial charge in [0.05, 0.1) is 5.02 Å². The Morgan fingerprint density at radius 3 is 2.77 bits per heavy atom. The van der Waals surface area contributed by atoms with E-state index in [0.29, 0.717) is 10.6 Å². The smallest absolute Gasteiger partial charge is 0.140 e. The molecule has 1 rings (SSSR count). The van der Waals surface area contributed by atoms with Gasteiger partial charge in [0, 0.05) is 16.1 Å². The molecule has 0 saturated carbocycles. The topological polar surface area (TPSA) is 46.2 Å². The van der Waals surface area contributed by atoms with Crippen LogP contribution in [-0.2, 0) is 0 Å². The first-order valence-electron chi connectivity index (χ1n) is 4.00. The number of hydrogen-bond acceptors (Lipinski definition) is 2. The van der Waals surface area contributed by atoms with Crippen molar-refractivity contribution in [3.8, 4) is 5.75 Å². The first-order chi connectivity index (χ1) is 6.07. The molecule has 0 amide bonds. The van der Waals surface area contributed by atoms with E-state index in [0.717, 1.165) is 10.9 Å². The highest BCUT2D eigenvalue weighted by molar-refractivity contribution is 9.10. The summed E-state index contributed by atoms with van der Waals surface area (Å²) >= 11 is 9.08. The van der Waals surface area contributed by atoms with Crippen LogP contribution < -0.4 is 5.73 Å². The molecule has 1 aromatic rings. The lowest BCUT2D eigenvalue weighted by Crippen LogP contribution is -2.09. The van der Waals surface area contributed by atoms with Gasteiger partial charge in [0.25, 0.3) is 0 Å². The van der Waals surface area contributed by atoms with Gasteiger partial charge in [0.15, 0.2) is 0 Å². The minimum atomic E-state index is -0.187. The molecular formula is C9H11BrClNO. The second kappa shape index (κ2) is 4.31. The van der Waals surface area contributed by atoms with Crippen molar-refractivity contribution in [3.05, 3.63) is 27.2 Å². The van der Waals surface area contributed by atoms with Gasteiger partial charge >= 0.3 is 0 Å². The van der Waals surface area contributed by atoms with Gasteiger partial charge in [-0.25, -0.2) is 0 Å². The molecule has 3 N–H and O–H groups in total. The lowest BCUT2D eigenvalue weighted by atomic mass is 10.0. The summed E-state index contributed by atoms with van der Waals surface area (Å²) in [7, 11) is 0. The fraction of sp³-hybridized carbons (Fsp3) is 0.333. The van der Waals surface area contributed by atoms with Crippen molar-refractivity contribution in [1.29, 1.82) is 0 Å². The van der Waals surface area contributed by atoms with Crippen LogP contribution in [0.1, 0.15) is 24.9 Å². The average Bonchev–Trinajstić information content (AvgIpc) is 2.12. The number of benzene rings is 1. The molecule has 72 valence electrons. The lowest BCUT2D eigenvalue weighted by Gasteiger charge is -2.14. The molecule has 1 aromatic carbocycles. The van der Waals surface area contributed by atoms with E-state index in [4.69, 9.17) is 17.3 Å². The van der Waals surface area contributed by atoms with E-state index in [2.05, 4.69) is 15.9 Å². The number of rotatable bonds is 2. The molecule has 0 aliphatic rings. The highest BCUT2D eigenvalue weighted by atomic mass is 79.9. The van der Waals surface area contributed by atoms with Gasteiger partial charge in [-0.2, -0.15) is 0 Å². The molecule has 1 atom stereocenters. The summed E-state index contributed by atoms with van der Waals surface area (Å²) in [6, 6.07) is 3.23. The quantitative estimate of drug-likeness (QED) is 0.861. The molecule has 0 spiro atoms. The predicted molar refractivity (Wildman–Crippen MR) is 58.0 cm³/mol. The van der Waals surface area contributed by atoms with Gasteiger partial charge in [0.1, 0.15) is 5.75 Å². The molecule has 0 aromatic heterocycles. The second-order valence-corrected chi connectivity index (χ2v) is 4.07. The van der Waals surface area contributed by atoms with Crippen LogP contribution in [0, 0.1) is 0 Å². The van der Waals surface area contributed by atoms with Crippen molar-refractivity contribution in [2.45, 2.75) is 19.4 Å². The van der Waals surface area contributed by atoms with Crippen molar-refractivity contribution < 1.29 is 5.11 Å². The minimum absolute atomic E-state index is 0.0744. The van der Waals surface area contributed by atoms with Crippen molar-refractivity contribution in [2.75, 3.05) is 0 Å². The maximum absolute atomic E-state index is 9.64. The Morgan fingerprint density at radius 1 is 1.62 bits per heavy atom. The Hall–Kier alpha value is -0.250. The molecule has 0 bridgehead atoms. The van der Waals surface area contributed by atoms with Gasteiger partial charge in [-0.1, -0.05) is 34.5 Å². The molecule has 0 unspecified atom stereocenters. The average molecular weight is 265 g/mol. The zero-order valence-electron chi connectivity index (χ0n) is 7.22. The third-order valence-electron chi connectivity index (χ3n) is 1.93. The Kier molecular flexibility index (Phi) is 3.59. The monoisotopic (exact) mass is 263 g/mol. The third kappa shape index (κ3) is 2.16. The Bertz CT molecular complexity index is 317. The SMILES string of the molecule is CC[C@H](N)c1c(Br)ccc(Cl)c1O. The summed E-state index contributed by atoms with van der Waals surface area (Å²) in [5, 5.41) is 9.97. The minimum Gasteiger partial charge on any atom is -0.506 e. The summed E-state index contributed by atoms with van der Waals surface area (Å²) in [4.78, 5) is 0. The van der Waals surface area contributed by atoms with E-state index in [9.17, 15) is 5.11 Å². The second-order valence-electron chi connectivity index (χ2n) is 2.81. The summed E-state index contributed by atoms with van der Waals surface area (Å²) < 4.78 is 0.795. The Balaban J connectivity index is 3.25. The van der Waals surface area contributed by atoms with Crippen LogP contribution >= 0.6 is 27.5 Å². The number of hydrogen-bond donors (Lipinski definition) is 2. The van der Waals surface area contributed by atoms with Gasteiger partial charge in [-0.15, -0.1) is 0 Å². The van der Waals surface area contributed by atoms with Crippen molar-refractivity contribution >= 4 is 27.5 Å². The van der Waals surface area contributed by atoms with Gasteiger partial charge in [-0.05, 0) is 18.6 Å². The summed E-state index contributed by atoms with van der Waals surface area (Å²) in [5.41, 5.74) is 6.49. The van der Waals surface area contributed by atoms with Crippen LogP contribution in [0.25, 0.3) is 0 Å². The maximum Gasteiger partial charge on any atom is 0.140 e. The fourth-order valence-corrected chi connectivity index (χ4v) is 1.89. The molecule has 0 aliphatic carbocycles. The van der Waals surface area contributed by atoms with Crippen LogP contribution in [0.3, 0.4) is 0 Å². The Labute approximate surface area is 90.8 Å². The molecular weight excluding hydrogens is 253 g/mol. The van der Waals surface area contributed by atoms with Crippen LogP contribution in [0.15, 0.2) is 16.6 Å². The highest BCUT2D eigenvalue weighted by Crippen LogP contribution is 2.37. The summed E-state index contributed by atoms with van der Waals surface area (Å²) in [6.07, 6.45) is 0.756. The number of phenolic OH excluding ortho intramolecular Hbond substituents is 1. The number of nitrogens with two attached hydrogens (primary N) is 1. The van der Waals surface area contributed by atoms with Crippen LogP contribution in [-0.4, -0.2) is 5.11 Å². The molecule has 0 heterocycles. The number of halogens is 2. The molecule has 4 heteroatoms. The standard InChI is InChI=1S/C9H11BrClNO/c1-2-7(12)8-5(10)3-4-6(11)9(8)13/h3-4,7,13H,2,12H2,1H3/t7-/m0/s1.